The molecule has 0 spiro atoms. The Labute approximate surface area is 111 Å². The number of hydrogen-bond acceptors (Lipinski definition) is 4. The molecule has 0 bridgehead atoms. The number of amides is 1. The summed E-state index contributed by atoms with van der Waals surface area (Å²) >= 11 is 4.69. The molecule has 0 aliphatic carbocycles. The Morgan fingerprint density at radius 2 is 2.18 bits per heavy atom. The molecule has 0 fully saturated rings. The summed E-state index contributed by atoms with van der Waals surface area (Å²) in [6, 6.07) is 3.44. The molecule has 17 heavy (non-hydrogen) atoms. The molecule has 1 amide bonds. The lowest BCUT2D eigenvalue weighted by Gasteiger charge is -2.00. The zero-order valence-electron chi connectivity index (χ0n) is 9.32. The third kappa shape index (κ3) is 2.89. The van der Waals surface area contributed by atoms with Crippen molar-refractivity contribution in [1.82, 2.24) is 9.97 Å². The first-order chi connectivity index (χ1) is 8.06. The minimum atomic E-state index is -0.196. The van der Waals surface area contributed by atoms with Crippen molar-refractivity contribution in [2.75, 3.05) is 5.32 Å². The van der Waals surface area contributed by atoms with Crippen LogP contribution in [-0.4, -0.2) is 15.9 Å². The number of nitrogens with zero attached hydrogens (tertiary/aromatic N) is 2. The maximum Gasteiger partial charge on any atom is 0.259 e. The summed E-state index contributed by atoms with van der Waals surface area (Å²) < 4.78 is 0.704. The molecule has 0 saturated carbocycles. The number of halogens is 1. The minimum Gasteiger partial charge on any atom is -0.298 e. The summed E-state index contributed by atoms with van der Waals surface area (Å²) in [6.45, 7) is 3.90. The van der Waals surface area contributed by atoms with Crippen molar-refractivity contribution in [2.45, 2.75) is 13.8 Å². The van der Waals surface area contributed by atoms with Crippen molar-refractivity contribution in [1.29, 1.82) is 0 Å². The zero-order chi connectivity index (χ0) is 12.4. The smallest absolute Gasteiger partial charge is 0.259 e. The Morgan fingerprint density at radius 1 is 1.41 bits per heavy atom. The number of thiazole rings is 1. The quantitative estimate of drug-likeness (QED) is 0.867. The largest absolute Gasteiger partial charge is 0.298 e. The van der Waals surface area contributed by atoms with Gasteiger partial charge in [0.2, 0.25) is 0 Å². The third-order valence-corrected chi connectivity index (χ3v) is 3.70. The number of carbonyl (C=O) groups is 1. The summed E-state index contributed by atoms with van der Waals surface area (Å²) in [7, 11) is 0. The van der Waals surface area contributed by atoms with E-state index in [9.17, 15) is 4.79 Å². The molecule has 1 N–H and O–H groups in total. The van der Waals surface area contributed by atoms with Crippen LogP contribution in [0.5, 0.6) is 0 Å². The van der Waals surface area contributed by atoms with E-state index in [1.54, 1.807) is 12.1 Å². The molecule has 6 heteroatoms. The summed E-state index contributed by atoms with van der Waals surface area (Å²) in [5.74, 6) is -0.196. The number of carbonyl (C=O) groups excluding carboxylic acids is 1. The van der Waals surface area contributed by atoms with Crippen LogP contribution >= 0.6 is 27.3 Å². The number of aryl methyl sites for hydroxylation is 2. The van der Waals surface area contributed by atoms with Gasteiger partial charge in [-0.3, -0.25) is 10.1 Å². The van der Waals surface area contributed by atoms with Crippen LogP contribution in [0.3, 0.4) is 0 Å². The van der Waals surface area contributed by atoms with E-state index in [0.717, 1.165) is 10.6 Å². The van der Waals surface area contributed by atoms with E-state index in [1.807, 2.05) is 13.8 Å². The van der Waals surface area contributed by atoms with Gasteiger partial charge >= 0.3 is 0 Å². The lowest BCUT2D eigenvalue weighted by atomic mass is 10.3. The molecular formula is C11H10BrN3OS. The van der Waals surface area contributed by atoms with Gasteiger partial charge in [0, 0.05) is 11.1 Å². The molecule has 0 unspecified atom stereocenters. The van der Waals surface area contributed by atoms with Crippen molar-refractivity contribution in [2.24, 2.45) is 0 Å². The molecule has 88 valence electrons. The molecule has 4 nitrogen and oxygen atoms in total. The normalized spacial score (nSPS) is 10.3. The fourth-order valence-electron chi connectivity index (χ4n) is 1.21. The Balaban J connectivity index is 2.14. The lowest BCUT2D eigenvalue weighted by molar-refractivity contribution is 0.102. The van der Waals surface area contributed by atoms with Crippen molar-refractivity contribution < 1.29 is 4.79 Å². The van der Waals surface area contributed by atoms with Gasteiger partial charge in [0.1, 0.15) is 4.60 Å². The topological polar surface area (TPSA) is 54.9 Å². The number of rotatable bonds is 2. The standard InChI is InChI=1S/C11H10BrN3OS/c1-6-7(2)17-11(14-6)15-10(16)8-3-4-9(12)13-5-8/h3-5H,1-2H3,(H,14,15,16). The maximum absolute atomic E-state index is 11.8. The predicted molar refractivity (Wildman–Crippen MR) is 71.5 cm³/mol. The van der Waals surface area contributed by atoms with E-state index in [2.05, 4.69) is 31.2 Å². The first-order valence-corrected chi connectivity index (χ1v) is 6.54. The first kappa shape index (κ1) is 12.2. The Hall–Kier alpha value is -1.27. The average Bonchev–Trinajstić information content (AvgIpc) is 2.58. The number of nitrogens with one attached hydrogen (secondary N) is 1. The number of hydrogen-bond donors (Lipinski definition) is 1. The fraction of sp³-hybridized carbons (Fsp3) is 0.182. The third-order valence-electron chi connectivity index (χ3n) is 2.24. The summed E-state index contributed by atoms with van der Waals surface area (Å²) in [6.07, 6.45) is 1.52. The van der Waals surface area contributed by atoms with E-state index in [1.165, 1.54) is 17.5 Å². The predicted octanol–water partition coefficient (Wildman–Crippen LogP) is 3.17. The molecule has 2 rings (SSSR count). The lowest BCUT2D eigenvalue weighted by Crippen LogP contribution is -2.11. The monoisotopic (exact) mass is 311 g/mol. The Bertz CT molecular complexity index is 531. The SMILES string of the molecule is Cc1nc(NC(=O)c2ccc(Br)nc2)sc1C. The average molecular weight is 312 g/mol. The van der Waals surface area contributed by atoms with E-state index < -0.39 is 0 Å². The van der Waals surface area contributed by atoms with E-state index >= 15 is 0 Å². The number of aromatic nitrogens is 2. The highest BCUT2D eigenvalue weighted by atomic mass is 79.9. The first-order valence-electron chi connectivity index (χ1n) is 4.93. The fourth-order valence-corrected chi connectivity index (χ4v) is 2.25. The van der Waals surface area contributed by atoms with Gasteiger partial charge < -0.3 is 0 Å². The van der Waals surface area contributed by atoms with Gasteiger partial charge in [-0.2, -0.15) is 0 Å². The van der Waals surface area contributed by atoms with Gasteiger partial charge in [-0.1, -0.05) is 0 Å². The summed E-state index contributed by atoms with van der Waals surface area (Å²) in [4.78, 5) is 21.2. The molecule has 0 aliphatic heterocycles. The molecule has 0 aromatic carbocycles. The second-order valence-electron chi connectivity index (χ2n) is 3.48. The second kappa shape index (κ2) is 4.93. The number of pyridine rings is 1. The van der Waals surface area contributed by atoms with Crippen molar-refractivity contribution in [3.63, 3.8) is 0 Å². The van der Waals surface area contributed by atoms with Gasteiger partial charge in [-0.25, -0.2) is 9.97 Å². The van der Waals surface area contributed by atoms with E-state index in [-0.39, 0.29) is 5.91 Å². The van der Waals surface area contributed by atoms with Crippen LogP contribution in [0.4, 0.5) is 5.13 Å². The zero-order valence-corrected chi connectivity index (χ0v) is 11.7. The molecule has 2 heterocycles. The maximum atomic E-state index is 11.8. The van der Waals surface area contributed by atoms with Gasteiger partial charge in [-0.05, 0) is 41.9 Å². The molecule has 0 aliphatic rings. The van der Waals surface area contributed by atoms with Crippen molar-refractivity contribution in [3.05, 3.63) is 39.1 Å². The second-order valence-corrected chi connectivity index (χ2v) is 5.50. The van der Waals surface area contributed by atoms with Gasteiger partial charge in [0.15, 0.2) is 5.13 Å². The number of anilines is 1. The molecular weight excluding hydrogens is 302 g/mol. The Kier molecular flexibility index (Phi) is 3.54. The van der Waals surface area contributed by atoms with E-state index in [0.29, 0.717) is 15.3 Å². The van der Waals surface area contributed by atoms with Crippen LogP contribution in [0.15, 0.2) is 22.9 Å². The van der Waals surface area contributed by atoms with E-state index in [4.69, 9.17) is 0 Å². The van der Waals surface area contributed by atoms with Gasteiger partial charge in [-0.15, -0.1) is 11.3 Å². The highest BCUT2D eigenvalue weighted by Gasteiger charge is 2.10. The van der Waals surface area contributed by atoms with Crippen LogP contribution in [0.25, 0.3) is 0 Å². The van der Waals surface area contributed by atoms with Crippen LogP contribution in [0, 0.1) is 13.8 Å². The van der Waals surface area contributed by atoms with Crippen molar-refractivity contribution >= 4 is 38.3 Å². The van der Waals surface area contributed by atoms with Crippen LogP contribution in [0.1, 0.15) is 20.9 Å². The molecule has 2 aromatic heterocycles. The van der Waals surface area contributed by atoms with Crippen LogP contribution in [-0.2, 0) is 0 Å². The minimum absolute atomic E-state index is 0.196. The van der Waals surface area contributed by atoms with Gasteiger partial charge in [0.05, 0.1) is 11.3 Å². The summed E-state index contributed by atoms with van der Waals surface area (Å²) in [5, 5.41) is 3.37. The van der Waals surface area contributed by atoms with Crippen molar-refractivity contribution in [3.8, 4) is 0 Å². The van der Waals surface area contributed by atoms with Crippen LogP contribution < -0.4 is 5.32 Å². The highest BCUT2D eigenvalue weighted by Crippen LogP contribution is 2.21. The molecule has 0 radical (unpaired) electrons. The Morgan fingerprint density at radius 3 is 2.71 bits per heavy atom. The molecule has 0 atom stereocenters. The highest BCUT2D eigenvalue weighted by molar-refractivity contribution is 9.10. The molecule has 2 aromatic rings. The molecule has 0 saturated heterocycles. The van der Waals surface area contributed by atoms with Gasteiger partial charge in [0.25, 0.3) is 5.91 Å². The summed E-state index contributed by atoms with van der Waals surface area (Å²) in [5.41, 5.74) is 1.46. The van der Waals surface area contributed by atoms with Crippen LogP contribution in [0.2, 0.25) is 0 Å².